The molecule has 9 nitrogen and oxygen atoms in total. The summed E-state index contributed by atoms with van der Waals surface area (Å²) in [6.07, 6.45) is 25.8. The predicted octanol–water partition coefficient (Wildman–Crippen LogP) is 19.6. The summed E-state index contributed by atoms with van der Waals surface area (Å²) < 4.78 is 29.5. The summed E-state index contributed by atoms with van der Waals surface area (Å²) in [5, 5.41) is 3.28. The van der Waals surface area contributed by atoms with E-state index in [4.69, 9.17) is 23.0 Å². The number of hydrogen-bond donors (Lipinski definition) is 1. The molecule has 0 aromatic heterocycles. The monoisotopic (exact) mass is 1180 g/mol. The van der Waals surface area contributed by atoms with Gasteiger partial charge in [0.15, 0.2) is 11.9 Å². The fourth-order valence-corrected chi connectivity index (χ4v) is 114. The maximum atomic E-state index is 13.2. The van der Waals surface area contributed by atoms with Gasteiger partial charge in [-0.3, -0.25) is 14.4 Å². The molecule has 68 heavy (non-hydrogen) atoms. The molecule has 9 atom stereocenters. The Bertz CT molecular complexity index is 1590. The maximum Gasteiger partial charge on any atom is 0.314 e. The minimum atomic E-state index is -1.68. The topological polar surface area (TPSA) is 113 Å². The van der Waals surface area contributed by atoms with Crippen molar-refractivity contribution in [2.45, 2.75) is 174 Å². The van der Waals surface area contributed by atoms with Gasteiger partial charge in [0.1, 0.15) is 6.61 Å². The summed E-state index contributed by atoms with van der Waals surface area (Å²) in [5.41, 5.74) is 1.79. The summed E-state index contributed by atoms with van der Waals surface area (Å²) in [6.45, 7) is 2.22. The Kier molecular flexibility index (Phi) is 44.3. The third-order valence-corrected chi connectivity index (χ3v) is 77.7. The molecule has 2 aromatic rings. The molecule has 0 amide bonds. The van der Waals surface area contributed by atoms with Gasteiger partial charge < -0.3 is 23.8 Å². The van der Waals surface area contributed by atoms with E-state index in [0.717, 1.165) is 83.5 Å². The smallest absolute Gasteiger partial charge is 0.314 e. The third kappa shape index (κ3) is 35.4. The molecule has 0 saturated heterocycles. The average molecular weight is 1180 g/mol. The van der Waals surface area contributed by atoms with Crippen LogP contribution in [0.3, 0.4) is 0 Å². The molecule has 0 spiro atoms. The van der Waals surface area contributed by atoms with E-state index >= 15 is 0 Å². The van der Waals surface area contributed by atoms with Crippen LogP contribution in [0.25, 0.3) is 0 Å². The number of carbonyl (C=O) groups is 3. The highest BCUT2D eigenvalue weighted by Gasteiger charge is 2.31. The number of benzene rings is 2. The van der Waals surface area contributed by atoms with Crippen molar-refractivity contribution < 1.29 is 32.9 Å². The van der Waals surface area contributed by atoms with Gasteiger partial charge in [-0.15, -0.1) is 53.6 Å². The van der Waals surface area contributed by atoms with Gasteiger partial charge in [0.2, 0.25) is 0 Å². The van der Waals surface area contributed by atoms with E-state index in [-0.39, 0.29) is 58.9 Å². The van der Waals surface area contributed by atoms with Crippen LogP contribution >= 0.6 is 105 Å². The second-order valence-corrected chi connectivity index (χ2v) is 62.9. The Labute approximate surface area is 434 Å². The number of Topliss-reactive ketones (excluding diaryl/α,β-unsaturated/α-hetero) is 1. The SMILES string of the molecule is CCCCCCCCCCCCCCCC(=O)O[C@H](COC(=O)CCCCCCCCCCCNCC(=O)c1ccccc1)COP(N=PP(P(P)P)P(P(P)P)P(P)P)OCc1ccccc1. The summed E-state index contributed by atoms with van der Waals surface area (Å²) in [7, 11) is 17.6. The number of ether oxygens (including phenoxy) is 2. The molecule has 0 aliphatic carbocycles. The zero-order valence-corrected chi connectivity index (χ0v) is 53.9. The average Bonchev–Trinajstić information content (AvgIpc) is 3.32. The van der Waals surface area contributed by atoms with Gasteiger partial charge in [-0.1, -0.05) is 190 Å². The molecule has 0 fully saturated rings. The zero-order chi connectivity index (χ0) is 49.5. The fourth-order valence-electron chi connectivity index (χ4n) is 7.08. The lowest BCUT2D eigenvalue weighted by Crippen LogP contribution is -2.29. The van der Waals surface area contributed by atoms with E-state index in [1.165, 1.54) is 83.5 Å². The number of nitrogens with zero attached hydrogens (tertiary/aromatic N) is 1. The number of ketones is 1. The summed E-state index contributed by atoms with van der Waals surface area (Å²) in [5.74, 6) is -0.431. The van der Waals surface area contributed by atoms with Gasteiger partial charge in [-0.2, -0.15) is 4.52 Å². The Hall–Kier alpha value is 2.19. The van der Waals surface area contributed by atoms with Crippen molar-refractivity contribution in [3.05, 3.63) is 71.8 Å². The molecule has 2 aromatic carbocycles. The second-order valence-electron chi connectivity index (χ2n) is 16.8. The molecular weight excluding hydrogens is 1100 g/mol. The van der Waals surface area contributed by atoms with Crippen molar-refractivity contribution in [3.63, 3.8) is 0 Å². The Balaban J connectivity index is 1.85. The van der Waals surface area contributed by atoms with Crippen LogP contribution in [-0.4, -0.2) is 50.1 Å². The van der Waals surface area contributed by atoms with Crippen LogP contribution in [0, 0.1) is 0 Å². The summed E-state index contributed by atoms with van der Waals surface area (Å²) >= 11 is 0. The van der Waals surface area contributed by atoms with Crippen LogP contribution < -0.4 is 5.32 Å². The molecule has 386 valence electrons. The van der Waals surface area contributed by atoms with Crippen molar-refractivity contribution in [2.75, 3.05) is 26.3 Å². The third-order valence-electron chi connectivity index (χ3n) is 10.9. The van der Waals surface area contributed by atoms with E-state index in [1.807, 2.05) is 60.7 Å². The van der Waals surface area contributed by atoms with Crippen LogP contribution in [0.15, 0.2) is 65.2 Å². The van der Waals surface area contributed by atoms with Crippen LogP contribution in [0.5, 0.6) is 0 Å². The Morgan fingerprint density at radius 2 is 1.07 bits per heavy atom. The minimum Gasteiger partial charge on any atom is -0.462 e. The van der Waals surface area contributed by atoms with E-state index in [2.05, 4.69) is 65.8 Å². The van der Waals surface area contributed by atoms with Gasteiger partial charge in [0, 0.05) is 32.4 Å². The highest BCUT2D eigenvalue weighted by molar-refractivity contribution is 9.22. The number of carbonyl (C=O) groups excluding carboxylic acids is 3. The molecule has 0 radical (unpaired) electrons. The highest BCUT2D eigenvalue weighted by atomic mass is 33.3. The number of esters is 2. The van der Waals surface area contributed by atoms with Gasteiger partial charge in [-0.05, 0) is 52.3 Å². The van der Waals surface area contributed by atoms with Crippen LogP contribution in [-0.2, 0) is 34.7 Å². The molecule has 0 bridgehead atoms. The zero-order valence-electron chi connectivity index (χ0n) is 40.8. The number of rotatable bonds is 44. The molecule has 0 heterocycles. The highest BCUT2D eigenvalue weighted by Crippen LogP contribution is 3.17. The Morgan fingerprint density at radius 1 is 0.588 bits per heavy atom. The first-order chi connectivity index (χ1) is 33.0. The van der Waals surface area contributed by atoms with Crippen LogP contribution in [0.1, 0.15) is 177 Å². The molecule has 1 N–H and O–H groups in total. The fraction of sp³-hybridized carbons (Fsp3) is 0.674. The van der Waals surface area contributed by atoms with Crippen molar-refractivity contribution in [3.8, 4) is 0 Å². The van der Waals surface area contributed by atoms with Crippen molar-refractivity contribution in [2.24, 2.45) is 4.52 Å². The quantitative estimate of drug-likeness (QED) is 0.0302. The molecule has 0 aliphatic rings. The number of nitrogens with one attached hydrogen (secondary N) is 1. The first-order valence-electron chi connectivity index (χ1n) is 24.7. The number of unbranched alkanes of at least 4 members (excludes halogenated alkanes) is 20. The summed E-state index contributed by atoms with van der Waals surface area (Å²) in [6, 6.07) is 19.5. The largest absolute Gasteiger partial charge is 0.462 e. The summed E-state index contributed by atoms with van der Waals surface area (Å²) in [4.78, 5) is 38.4. The minimum absolute atomic E-state index is 0.0325. The molecule has 22 heteroatoms. The molecule has 0 aliphatic heterocycles. The molecule has 2 rings (SSSR count). The molecule has 0 saturated carbocycles. The van der Waals surface area contributed by atoms with Crippen molar-refractivity contribution in [1.82, 2.24) is 5.32 Å². The lowest BCUT2D eigenvalue weighted by molar-refractivity contribution is -0.161. The van der Waals surface area contributed by atoms with Gasteiger partial charge in [0.25, 0.3) is 0 Å². The Morgan fingerprint density at radius 3 is 1.59 bits per heavy atom. The van der Waals surface area contributed by atoms with E-state index in [1.54, 1.807) is 0 Å². The van der Waals surface area contributed by atoms with Gasteiger partial charge in [-0.25, -0.2) is 0 Å². The van der Waals surface area contributed by atoms with Gasteiger partial charge in [0.05, 0.1) is 27.8 Å². The lowest BCUT2D eigenvalue weighted by Gasteiger charge is -2.32. The molecule has 8 unspecified atom stereocenters. The lowest BCUT2D eigenvalue weighted by atomic mass is 10.0. The first kappa shape index (κ1) is 66.3. The van der Waals surface area contributed by atoms with Crippen LogP contribution in [0.2, 0.25) is 0 Å². The normalized spacial score (nSPS) is 13.2. The standard InChI is InChI=1S/C46H85N2O7P13/c1-2-3-4-5-6-7-8-9-10-12-16-19-28-35-46(51)55-43(40-54-63(53-38-41-30-23-21-24-31-41)48-62-67(64(56)57)68(65(58)59)66(60)61)39-52-45(50)34-27-18-15-13-11-14-17-20-29-36-47-37-44(49)42-32-25-22-26-33-42/h21-26,30-33,43,47H,2-20,27-29,34-40,56-61H2,1H3/t43-,63?,67?/m1/s1. The van der Waals surface area contributed by atoms with Gasteiger partial charge >= 0.3 is 20.5 Å². The van der Waals surface area contributed by atoms with E-state index in [9.17, 15) is 14.4 Å². The van der Waals surface area contributed by atoms with E-state index in [0.29, 0.717) is 26.0 Å². The van der Waals surface area contributed by atoms with Crippen molar-refractivity contribution in [1.29, 1.82) is 0 Å². The first-order valence-corrected chi connectivity index (χ1v) is 46.6. The predicted molar refractivity (Wildman–Crippen MR) is 327 cm³/mol. The maximum absolute atomic E-state index is 13.2. The van der Waals surface area contributed by atoms with Crippen molar-refractivity contribution >= 4 is 123 Å². The van der Waals surface area contributed by atoms with E-state index < -0.39 is 21.6 Å². The second kappa shape index (κ2) is 45.4. The number of hydrogen-bond acceptors (Lipinski definition) is 9. The van der Waals surface area contributed by atoms with Crippen LogP contribution in [0.4, 0.5) is 0 Å². The molecular formula is C46H85N2O7P13.